The number of aromatic nitrogens is 1. The molecule has 0 bridgehead atoms. The lowest BCUT2D eigenvalue weighted by Crippen LogP contribution is -2.31. The van der Waals surface area contributed by atoms with Gasteiger partial charge in [-0.15, -0.1) is 11.3 Å². The van der Waals surface area contributed by atoms with Crippen LogP contribution in [0.4, 0.5) is 0 Å². The second-order valence-electron chi connectivity index (χ2n) is 5.39. The SMILES string of the molecule is CC(=O)N1CCc2nc(C(=O)N3CCCC3)sc2CC1. The highest BCUT2D eigenvalue weighted by Gasteiger charge is 2.25. The molecule has 0 saturated carbocycles. The normalized spacial score (nSPS) is 18.9. The molecule has 3 rings (SSSR count). The van der Waals surface area contributed by atoms with Gasteiger partial charge >= 0.3 is 0 Å². The van der Waals surface area contributed by atoms with Crippen molar-refractivity contribution in [2.45, 2.75) is 32.6 Å². The van der Waals surface area contributed by atoms with E-state index < -0.39 is 0 Å². The van der Waals surface area contributed by atoms with E-state index in [0.29, 0.717) is 11.6 Å². The Morgan fingerprint density at radius 3 is 2.45 bits per heavy atom. The molecule has 0 spiro atoms. The number of nitrogens with zero attached hydrogens (tertiary/aromatic N) is 3. The van der Waals surface area contributed by atoms with E-state index in [1.54, 1.807) is 6.92 Å². The smallest absolute Gasteiger partial charge is 0.282 e. The van der Waals surface area contributed by atoms with Gasteiger partial charge in [0.25, 0.3) is 5.91 Å². The highest BCUT2D eigenvalue weighted by Crippen LogP contribution is 2.25. The van der Waals surface area contributed by atoms with Crippen molar-refractivity contribution in [2.24, 2.45) is 0 Å². The van der Waals surface area contributed by atoms with Crippen LogP contribution in [0.5, 0.6) is 0 Å². The first-order chi connectivity index (χ1) is 9.65. The average molecular weight is 293 g/mol. The van der Waals surface area contributed by atoms with Crippen molar-refractivity contribution in [3.05, 3.63) is 15.6 Å². The van der Waals surface area contributed by atoms with Crippen molar-refractivity contribution in [1.82, 2.24) is 14.8 Å². The summed E-state index contributed by atoms with van der Waals surface area (Å²) in [6.07, 6.45) is 3.79. The average Bonchev–Trinajstić information content (AvgIpc) is 3.04. The van der Waals surface area contributed by atoms with Crippen molar-refractivity contribution >= 4 is 23.2 Å². The molecule has 0 N–H and O–H groups in total. The van der Waals surface area contributed by atoms with Crippen molar-refractivity contribution in [2.75, 3.05) is 26.2 Å². The van der Waals surface area contributed by atoms with Crippen LogP contribution in [0.1, 0.15) is 40.1 Å². The van der Waals surface area contributed by atoms with Gasteiger partial charge in [0.1, 0.15) is 0 Å². The zero-order valence-electron chi connectivity index (χ0n) is 11.7. The fraction of sp³-hybridized carbons (Fsp3) is 0.643. The second kappa shape index (κ2) is 5.52. The zero-order valence-corrected chi connectivity index (χ0v) is 12.5. The first-order valence-electron chi connectivity index (χ1n) is 7.18. The van der Waals surface area contributed by atoms with Gasteiger partial charge in [-0.05, 0) is 12.8 Å². The standard InChI is InChI=1S/C14H19N3O2S/c1-10(18)16-8-4-11-12(5-9-16)20-13(15-11)14(19)17-6-2-3-7-17/h2-9H2,1H3. The summed E-state index contributed by atoms with van der Waals surface area (Å²) in [5, 5.41) is 0.633. The molecule has 1 aromatic heterocycles. The molecule has 3 heterocycles. The lowest BCUT2D eigenvalue weighted by Gasteiger charge is -2.17. The molecule has 1 fully saturated rings. The second-order valence-corrected chi connectivity index (χ2v) is 6.48. The van der Waals surface area contributed by atoms with Crippen LogP contribution < -0.4 is 0 Å². The minimum absolute atomic E-state index is 0.0870. The molecule has 2 aliphatic rings. The highest BCUT2D eigenvalue weighted by atomic mass is 32.1. The summed E-state index contributed by atoms with van der Waals surface area (Å²) in [6, 6.07) is 0. The molecule has 0 aromatic carbocycles. The molecule has 0 radical (unpaired) electrons. The van der Waals surface area contributed by atoms with Crippen LogP contribution in [0.15, 0.2) is 0 Å². The highest BCUT2D eigenvalue weighted by molar-refractivity contribution is 7.13. The third-order valence-corrected chi connectivity index (χ3v) is 5.17. The number of rotatable bonds is 1. The summed E-state index contributed by atoms with van der Waals surface area (Å²) in [5.74, 6) is 0.206. The van der Waals surface area contributed by atoms with E-state index in [1.165, 1.54) is 16.2 Å². The fourth-order valence-electron chi connectivity index (χ4n) is 2.83. The van der Waals surface area contributed by atoms with Crippen LogP contribution in [-0.2, 0) is 17.6 Å². The minimum Gasteiger partial charge on any atom is -0.342 e. The zero-order chi connectivity index (χ0) is 14.1. The predicted molar refractivity (Wildman–Crippen MR) is 76.9 cm³/mol. The van der Waals surface area contributed by atoms with Crippen LogP contribution >= 0.6 is 11.3 Å². The Kier molecular flexibility index (Phi) is 3.74. The number of fused-ring (bicyclic) bond motifs is 1. The Morgan fingerprint density at radius 2 is 1.75 bits per heavy atom. The van der Waals surface area contributed by atoms with Gasteiger partial charge in [0.2, 0.25) is 5.91 Å². The van der Waals surface area contributed by atoms with Gasteiger partial charge in [0.15, 0.2) is 5.01 Å². The Morgan fingerprint density at radius 1 is 1.05 bits per heavy atom. The van der Waals surface area contributed by atoms with Crippen LogP contribution in [0.25, 0.3) is 0 Å². The van der Waals surface area contributed by atoms with Crippen molar-refractivity contribution < 1.29 is 9.59 Å². The van der Waals surface area contributed by atoms with Crippen molar-refractivity contribution in [3.8, 4) is 0 Å². The first-order valence-corrected chi connectivity index (χ1v) is 8.00. The van der Waals surface area contributed by atoms with E-state index in [-0.39, 0.29) is 11.8 Å². The maximum atomic E-state index is 12.3. The van der Waals surface area contributed by atoms with Crippen LogP contribution in [0, 0.1) is 0 Å². The quantitative estimate of drug-likeness (QED) is 0.785. The fourth-order valence-corrected chi connectivity index (χ4v) is 3.89. The summed E-state index contributed by atoms with van der Waals surface area (Å²) in [7, 11) is 0. The Labute approximate surface area is 122 Å². The number of likely N-dealkylation sites (tertiary alicyclic amines) is 1. The van der Waals surface area contributed by atoms with Crippen LogP contribution in [-0.4, -0.2) is 52.8 Å². The molecule has 6 heteroatoms. The van der Waals surface area contributed by atoms with Crippen LogP contribution in [0.2, 0.25) is 0 Å². The van der Waals surface area contributed by atoms with Gasteiger partial charge < -0.3 is 9.80 Å². The summed E-state index contributed by atoms with van der Waals surface area (Å²) >= 11 is 1.52. The molecule has 108 valence electrons. The third kappa shape index (κ3) is 2.57. The summed E-state index contributed by atoms with van der Waals surface area (Å²) in [5.41, 5.74) is 1.02. The van der Waals surface area contributed by atoms with Crippen molar-refractivity contribution in [1.29, 1.82) is 0 Å². The molecule has 1 saturated heterocycles. The lowest BCUT2D eigenvalue weighted by molar-refractivity contribution is -0.128. The molecule has 20 heavy (non-hydrogen) atoms. The molecule has 2 aliphatic heterocycles. The summed E-state index contributed by atoms with van der Waals surface area (Å²) < 4.78 is 0. The molecule has 5 nitrogen and oxygen atoms in total. The molecular weight excluding hydrogens is 274 g/mol. The molecule has 0 aliphatic carbocycles. The van der Waals surface area contributed by atoms with Gasteiger partial charge in [-0.2, -0.15) is 0 Å². The van der Waals surface area contributed by atoms with Gasteiger partial charge in [-0.3, -0.25) is 9.59 Å². The van der Waals surface area contributed by atoms with E-state index in [2.05, 4.69) is 4.98 Å². The van der Waals surface area contributed by atoms with E-state index in [9.17, 15) is 9.59 Å². The van der Waals surface area contributed by atoms with E-state index >= 15 is 0 Å². The molecular formula is C14H19N3O2S. The Hall–Kier alpha value is -1.43. The topological polar surface area (TPSA) is 53.5 Å². The number of thiazole rings is 1. The third-order valence-electron chi connectivity index (χ3n) is 4.03. The number of carbonyl (C=O) groups is 2. The van der Waals surface area contributed by atoms with Crippen LogP contribution in [0.3, 0.4) is 0 Å². The number of hydrogen-bond donors (Lipinski definition) is 0. The number of amides is 2. The first kappa shape index (κ1) is 13.5. The molecule has 0 atom stereocenters. The lowest BCUT2D eigenvalue weighted by atomic mass is 10.2. The monoisotopic (exact) mass is 293 g/mol. The largest absolute Gasteiger partial charge is 0.342 e. The maximum absolute atomic E-state index is 12.3. The van der Waals surface area contributed by atoms with Gasteiger partial charge in [-0.25, -0.2) is 4.98 Å². The number of carbonyl (C=O) groups excluding carboxylic acids is 2. The number of hydrogen-bond acceptors (Lipinski definition) is 4. The predicted octanol–water partition coefficient (Wildman–Crippen LogP) is 1.33. The summed E-state index contributed by atoms with van der Waals surface area (Å²) in [6.45, 7) is 4.78. The van der Waals surface area contributed by atoms with Crippen molar-refractivity contribution in [3.63, 3.8) is 0 Å². The summed E-state index contributed by atoms with van der Waals surface area (Å²) in [4.78, 5) is 33.2. The van der Waals surface area contributed by atoms with E-state index in [0.717, 1.165) is 51.0 Å². The molecule has 2 amide bonds. The van der Waals surface area contributed by atoms with Gasteiger partial charge in [0, 0.05) is 50.8 Å². The van der Waals surface area contributed by atoms with Gasteiger partial charge in [-0.1, -0.05) is 0 Å². The van der Waals surface area contributed by atoms with Gasteiger partial charge in [0.05, 0.1) is 5.69 Å². The van der Waals surface area contributed by atoms with E-state index in [1.807, 2.05) is 9.80 Å². The Bertz CT molecular complexity index is 509. The molecule has 0 unspecified atom stereocenters. The molecule has 1 aromatic rings. The maximum Gasteiger partial charge on any atom is 0.282 e. The minimum atomic E-state index is 0.0870. The van der Waals surface area contributed by atoms with E-state index in [4.69, 9.17) is 0 Å². The Balaban J connectivity index is 1.74.